The van der Waals surface area contributed by atoms with Crippen LogP contribution in [-0.2, 0) is 6.61 Å². The predicted molar refractivity (Wildman–Crippen MR) is 108 cm³/mol. The molecule has 7 nitrogen and oxygen atoms in total. The standard InChI is InChI=1S/C22H28N4O3/c27-22(28)26(12-8-19(9-13-26)18-6-10-23-11-7-18)20-14-21(25-16-24-20)29-15-17-4-2-1-3-5-17/h1-5,14,16,18-19,23H,6-13,15H2. The molecule has 2 aliphatic rings. The monoisotopic (exact) mass is 396 g/mol. The zero-order valence-electron chi connectivity index (χ0n) is 16.6. The van der Waals surface area contributed by atoms with Crippen LogP contribution in [0.15, 0.2) is 42.7 Å². The van der Waals surface area contributed by atoms with Gasteiger partial charge < -0.3 is 20.0 Å². The summed E-state index contributed by atoms with van der Waals surface area (Å²) in [7, 11) is 0. The molecule has 0 radical (unpaired) electrons. The fraction of sp³-hybridized carbons (Fsp3) is 0.500. The van der Waals surface area contributed by atoms with E-state index in [1.54, 1.807) is 6.07 Å². The summed E-state index contributed by atoms with van der Waals surface area (Å²) in [6.07, 6.45) is 4.41. The number of carbonyl (C=O) groups is 1. The molecule has 2 fully saturated rings. The quantitative estimate of drug-likeness (QED) is 0.779. The maximum Gasteiger partial charge on any atom is 0.264 e. The molecule has 2 aromatic rings. The Morgan fingerprint density at radius 2 is 1.76 bits per heavy atom. The largest absolute Gasteiger partial charge is 0.498 e. The third-order valence-electron chi connectivity index (χ3n) is 6.46. The molecule has 1 aromatic heterocycles. The Kier molecular flexibility index (Phi) is 6.06. The van der Waals surface area contributed by atoms with Gasteiger partial charge in [0.05, 0.1) is 19.2 Å². The number of nitrogens with zero attached hydrogens (tertiary/aromatic N) is 3. The highest BCUT2D eigenvalue weighted by Crippen LogP contribution is 2.36. The summed E-state index contributed by atoms with van der Waals surface area (Å²) in [5, 5.41) is 15.6. The molecule has 29 heavy (non-hydrogen) atoms. The van der Waals surface area contributed by atoms with Gasteiger partial charge in [-0.1, -0.05) is 30.3 Å². The highest BCUT2D eigenvalue weighted by Gasteiger charge is 2.42. The summed E-state index contributed by atoms with van der Waals surface area (Å²) >= 11 is 0. The Hall–Kier alpha value is -2.51. The van der Waals surface area contributed by atoms with E-state index in [-0.39, 0.29) is 4.48 Å². The van der Waals surface area contributed by atoms with Crippen molar-refractivity contribution < 1.29 is 14.6 Å². The van der Waals surface area contributed by atoms with Gasteiger partial charge in [0.1, 0.15) is 12.9 Å². The van der Waals surface area contributed by atoms with Crippen molar-refractivity contribution in [3.05, 3.63) is 48.3 Å². The van der Waals surface area contributed by atoms with Crippen molar-refractivity contribution >= 4 is 11.9 Å². The molecule has 2 saturated heterocycles. The molecule has 154 valence electrons. The van der Waals surface area contributed by atoms with Crippen molar-refractivity contribution in [3.63, 3.8) is 0 Å². The average Bonchev–Trinajstić information content (AvgIpc) is 2.79. The normalized spacial score (nSPS) is 25.4. The van der Waals surface area contributed by atoms with Crippen LogP contribution in [0.4, 0.5) is 10.6 Å². The van der Waals surface area contributed by atoms with Gasteiger partial charge in [-0.05, 0) is 43.3 Å². The van der Waals surface area contributed by atoms with Crippen LogP contribution in [0.1, 0.15) is 31.2 Å². The van der Waals surface area contributed by atoms with E-state index in [4.69, 9.17) is 4.74 Å². The van der Waals surface area contributed by atoms with E-state index >= 15 is 0 Å². The smallest absolute Gasteiger partial charge is 0.264 e. The van der Waals surface area contributed by atoms with Crippen molar-refractivity contribution in [2.24, 2.45) is 11.8 Å². The number of aromatic nitrogens is 2. The molecule has 0 saturated carbocycles. The first-order valence-corrected chi connectivity index (χ1v) is 10.5. The molecular formula is C22H28N4O3. The molecular weight excluding hydrogens is 368 g/mol. The fourth-order valence-corrected chi connectivity index (χ4v) is 4.70. The molecule has 2 aliphatic heterocycles. The van der Waals surface area contributed by atoms with Crippen LogP contribution in [0.25, 0.3) is 0 Å². The van der Waals surface area contributed by atoms with Gasteiger partial charge in [-0.2, -0.15) is 4.98 Å². The Morgan fingerprint density at radius 3 is 2.45 bits per heavy atom. The summed E-state index contributed by atoms with van der Waals surface area (Å²) in [6.45, 7) is 3.52. The summed E-state index contributed by atoms with van der Waals surface area (Å²) in [5.41, 5.74) is 1.03. The summed E-state index contributed by atoms with van der Waals surface area (Å²) in [5.74, 6) is 2.11. The lowest BCUT2D eigenvalue weighted by atomic mass is 9.78. The maximum absolute atomic E-state index is 12.2. The Labute approximate surface area is 171 Å². The second kappa shape index (κ2) is 8.88. The van der Waals surface area contributed by atoms with Gasteiger partial charge in [-0.15, -0.1) is 0 Å². The molecule has 0 unspecified atom stereocenters. The van der Waals surface area contributed by atoms with Crippen molar-refractivity contribution in [3.8, 4) is 5.88 Å². The fourth-order valence-electron chi connectivity index (χ4n) is 4.70. The van der Waals surface area contributed by atoms with E-state index in [0.717, 1.165) is 31.5 Å². The lowest BCUT2D eigenvalue weighted by Gasteiger charge is -2.43. The van der Waals surface area contributed by atoms with Gasteiger partial charge in [0, 0.05) is 12.8 Å². The third kappa shape index (κ3) is 4.41. The van der Waals surface area contributed by atoms with Crippen LogP contribution in [0.5, 0.6) is 5.88 Å². The van der Waals surface area contributed by atoms with E-state index in [1.165, 1.54) is 19.2 Å². The second-order valence-corrected chi connectivity index (χ2v) is 8.09. The molecule has 1 aromatic carbocycles. The molecule has 4 rings (SSSR count). The molecule has 3 heterocycles. The topological polar surface area (TPSA) is 87.2 Å². The van der Waals surface area contributed by atoms with Gasteiger partial charge >= 0.3 is 0 Å². The lowest BCUT2D eigenvalue weighted by molar-refractivity contribution is -0.265. The summed E-state index contributed by atoms with van der Waals surface area (Å²) < 4.78 is 5.54. The minimum absolute atomic E-state index is 0.244. The number of rotatable bonds is 5. The number of ether oxygens (including phenoxy) is 1. The Morgan fingerprint density at radius 1 is 1.07 bits per heavy atom. The van der Waals surface area contributed by atoms with Crippen LogP contribution in [0.2, 0.25) is 0 Å². The van der Waals surface area contributed by atoms with E-state index in [0.29, 0.717) is 43.2 Å². The van der Waals surface area contributed by atoms with Gasteiger partial charge in [-0.3, -0.25) is 0 Å². The minimum Gasteiger partial charge on any atom is -0.498 e. The molecule has 0 aliphatic carbocycles. The average molecular weight is 396 g/mol. The van der Waals surface area contributed by atoms with Crippen LogP contribution in [0, 0.1) is 11.8 Å². The number of hydrogen-bond donors (Lipinski definition) is 1. The van der Waals surface area contributed by atoms with E-state index in [1.807, 2.05) is 30.3 Å². The molecule has 1 N–H and O–H groups in total. The Balaban J connectivity index is 1.46. The minimum atomic E-state index is -1.10. The highest BCUT2D eigenvalue weighted by atomic mass is 16.5. The highest BCUT2D eigenvalue weighted by molar-refractivity contribution is 5.78. The van der Waals surface area contributed by atoms with Crippen molar-refractivity contribution in [2.75, 3.05) is 26.2 Å². The zero-order valence-corrected chi connectivity index (χ0v) is 16.6. The molecule has 1 amide bonds. The van der Waals surface area contributed by atoms with E-state index in [9.17, 15) is 9.90 Å². The van der Waals surface area contributed by atoms with Crippen LogP contribution >= 0.6 is 0 Å². The van der Waals surface area contributed by atoms with Crippen LogP contribution in [-0.4, -0.2) is 42.2 Å². The SMILES string of the molecule is O=C([O-])[N+]1(c2cc(OCc3ccccc3)ncn2)CCC(C2CCNCC2)CC1. The second-order valence-electron chi connectivity index (χ2n) is 8.09. The number of carbonyl (C=O) groups excluding carboxylic acids is 1. The van der Waals surface area contributed by atoms with Gasteiger partial charge in [-0.25, -0.2) is 9.47 Å². The van der Waals surface area contributed by atoms with E-state index in [2.05, 4.69) is 15.3 Å². The maximum atomic E-state index is 12.2. The van der Waals surface area contributed by atoms with Crippen molar-refractivity contribution in [1.29, 1.82) is 0 Å². The van der Waals surface area contributed by atoms with E-state index < -0.39 is 6.09 Å². The summed E-state index contributed by atoms with van der Waals surface area (Å²) in [6, 6.07) is 11.5. The molecule has 0 bridgehead atoms. The first-order chi connectivity index (χ1) is 14.2. The number of nitrogens with one attached hydrogen (secondary N) is 1. The number of hydrogen-bond acceptors (Lipinski definition) is 6. The Bertz CT molecular complexity index is 816. The first kappa shape index (κ1) is 19.8. The number of likely N-dealkylation sites (tertiary alicyclic amines) is 1. The van der Waals surface area contributed by atoms with Crippen molar-refractivity contribution in [1.82, 2.24) is 19.8 Å². The predicted octanol–water partition coefficient (Wildman–Crippen LogP) is 2.12. The number of piperidine rings is 2. The van der Waals surface area contributed by atoms with Gasteiger partial charge in [0.2, 0.25) is 11.7 Å². The van der Waals surface area contributed by atoms with Gasteiger partial charge in [0.25, 0.3) is 6.09 Å². The molecule has 0 atom stereocenters. The lowest BCUT2D eigenvalue weighted by Crippen LogP contribution is -2.64. The van der Waals surface area contributed by atoms with Crippen molar-refractivity contribution in [2.45, 2.75) is 32.3 Å². The summed E-state index contributed by atoms with van der Waals surface area (Å²) in [4.78, 5) is 20.7. The number of amides is 1. The van der Waals surface area contributed by atoms with Crippen LogP contribution < -0.4 is 19.6 Å². The number of benzene rings is 1. The first-order valence-electron chi connectivity index (χ1n) is 10.5. The zero-order chi connectivity index (χ0) is 20.1. The number of quaternary nitrogens is 1. The van der Waals surface area contributed by atoms with Crippen LogP contribution in [0.3, 0.4) is 0 Å². The molecule has 0 spiro atoms. The number of carboxylic acid groups (broad SMARTS) is 1. The molecule has 7 heteroatoms. The van der Waals surface area contributed by atoms with Gasteiger partial charge in [0.15, 0.2) is 0 Å². The third-order valence-corrected chi connectivity index (χ3v) is 6.46.